The Kier molecular flexibility index (Phi) is 5.54. The lowest BCUT2D eigenvalue weighted by Gasteiger charge is -2.15. The molecule has 0 aliphatic carbocycles. The molecule has 5 aromatic rings. The van der Waals surface area contributed by atoms with Crippen LogP contribution >= 0.6 is 11.3 Å². The Morgan fingerprint density at radius 3 is 2.59 bits per heavy atom. The molecule has 0 unspecified atom stereocenters. The van der Waals surface area contributed by atoms with Gasteiger partial charge in [0.15, 0.2) is 0 Å². The van der Waals surface area contributed by atoms with Gasteiger partial charge in [0.1, 0.15) is 5.82 Å². The fourth-order valence-corrected chi connectivity index (χ4v) is 5.11. The molecule has 6 rings (SSSR count). The number of esters is 1. The van der Waals surface area contributed by atoms with E-state index in [0.29, 0.717) is 28.1 Å². The number of fused-ring (bicyclic) bond motifs is 2. The molecule has 1 aliphatic heterocycles. The first kappa shape index (κ1) is 22.7. The molecule has 0 saturated heterocycles. The molecule has 0 bridgehead atoms. The number of methoxy groups -OCH3 is 1. The van der Waals surface area contributed by atoms with E-state index in [1.807, 2.05) is 60.3 Å². The summed E-state index contributed by atoms with van der Waals surface area (Å²) in [4.78, 5) is 34.2. The van der Waals surface area contributed by atoms with Gasteiger partial charge in [0, 0.05) is 41.8 Å². The summed E-state index contributed by atoms with van der Waals surface area (Å²) in [6.07, 6.45) is 3.67. The third kappa shape index (κ3) is 4.05. The van der Waals surface area contributed by atoms with E-state index in [9.17, 15) is 9.59 Å². The third-order valence-corrected chi connectivity index (χ3v) is 7.10. The number of carbonyl (C=O) groups is 2. The van der Waals surface area contributed by atoms with Crippen molar-refractivity contribution in [1.82, 2.24) is 14.5 Å². The molecule has 9 heteroatoms. The molecule has 1 amide bonds. The van der Waals surface area contributed by atoms with E-state index in [4.69, 9.17) is 4.74 Å². The van der Waals surface area contributed by atoms with Crippen LogP contribution in [0.15, 0.2) is 78.6 Å². The van der Waals surface area contributed by atoms with Gasteiger partial charge >= 0.3 is 5.97 Å². The maximum absolute atomic E-state index is 13.3. The molecule has 0 spiro atoms. The predicted octanol–water partition coefficient (Wildman–Crippen LogP) is 5.42. The lowest BCUT2D eigenvalue weighted by Crippen LogP contribution is -2.10. The van der Waals surface area contributed by atoms with Gasteiger partial charge in [-0.25, -0.2) is 14.8 Å². The zero-order chi connectivity index (χ0) is 25.5. The number of rotatable bonds is 5. The summed E-state index contributed by atoms with van der Waals surface area (Å²) in [7, 11) is 3.28. The third-order valence-electron chi connectivity index (χ3n) is 6.29. The summed E-state index contributed by atoms with van der Waals surface area (Å²) in [6.45, 7) is 0. The van der Waals surface area contributed by atoms with Gasteiger partial charge in [-0.1, -0.05) is 12.1 Å². The van der Waals surface area contributed by atoms with Crippen LogP contribution in [0.4, 0.5) is 11.4 Å². The number of thiazole rings is 1. The lowest BCUT2D eigenvalue weighted by molar-refractivity contribution is -0.110. The Morgan fingerprint density at radius 2 is 1.84 bits per heavy atom. The van der Waals surface area contributed by atoms with Crippen LogP contribution in [0.3, 0.4) is 0 Å². The highest BCUT2D eigenvalue weighted by atomic mass is 32.1. The number of hydrogen-bond donors (Lipinski definition) is 2. The number of nitrogens with zero attached hydrogens (tertiary/aromatic N) is 3. The second-order valence-corrected chi connectivity index (χ2v) is 9.44. The van der Waals surface area contributed by atoms with Crippen molar-refractivity contribution in [3.63, 3.8) is 0 Å². The largest absolute Gasteiger partial charge is 0.465 e. The van der Waals surface area contributed by atoms with Crippen molar-refractivity contribution in [2.75, 3.05) is 17.7 Å². The number of carbonyl (C=O) groups excluding carboxylic acids is 2. The van der Waals surface area contributed by atoms with Crippen molar-refractivity contribution >= 4 is 56.1 Å². The molecule has 1 aliphatic rings. The molecule has 37 heavy (non-hydrogen) atoms. The van der Waals surface area contributed by atoms with E-state index in [1.165, 1.54) is 7.11 Å². The first-order chi connectivity index (χ1) is 18.0. The van der Waals surface area contributed by atoms with E-state index in [2.05, 4.69) is 20.6 Å². The van der Waals surface area contributed by atoms with E-state index >= 15 is 0 Å². The number of nitrogens with one attached hydrogen (secondary N) is 2. The molecule has 3 aromatic carbocycles. The smallest absolute Gasteiger partial charge is 0.337 e. The average Bonchev–Trinajstić information content (AvgIpc) is 3.64. The predicted molar refractivity (Wildman–Crippen MR) is 145 cm³/mol. The maximum Gasteiger partial charge on any atom is 0.337 e. The van der Waals surface area contributed by atoms with Crippen LogP contribution in [0.1, 0.15) is 21.5 Å². The van der Waals surface area contributed by atoms with Crippen molar-refractivity contribution in [1.29, 1.82) is 0 Å². The lowest BCUT2D eigenvalue weighted by atomic mass is 9.98. The topological polar surface area (TPSA) is 98.1 Å². The fraction of sp³-hybridized carbons (Fsp3) is 0.0714. The number of anilines is 2. The van der Waals surface area contributed by atoms with E-state index in [-0.39, 0.29) is 5.91 Å². The minimum atomic E-state index is -0.463. The molecule has 2 N–H and O–H groups in total. The van der Waals surface area contributed by atoms with Crippen molar-refractivity contribution < 1.29 is 14.3 Å². The van der Waals surface area contributed by atoms with Crippen molar-refractivity contribution in [2.24, 2.45) is 7.05 Å². The zero-order valence-electron chi connectivity index (χ0n) is 20.0. The average molecular weight is 508 g/mol. The Bertz CT molecular complexity index is 1720. The molecule has 182 valence electrons. The molecule has 0 fully saturated rings. The summed E-state index contributed by atoms with van der Waals surface area (Å²) >= 11 is 1.56. The van der Waals surface area contributed by atoms with Crippen LogP contribution in [-0.4, -0.2) is 33.5 Å². The first-order valence-corrected chi connectivity index (χ1v) is 12.4. The van der Waals surface area contributed by atoms with E-state index < -0.39 is 5.97 Å². The monoisotopic (exact) mass is 507 g/mol. The van der Waals surface area contributed by atoms with Crippen LogP contribution < -0.4 is 10.6 Å². The molecule has 0 atom stereocenters. The minimum Gasteiger partial charge on any atom is -0.465 e. The van der Waals surface area contributed by atoms with Crippen molar-refractivity contribution in [3.8, 4) is 11.4 Å². The number of hydrogen-bond acceptors (Lipinski definition) is 7. The van der Waals surface area contributed by atoms with Crippen LogP contribution in [0, 0.1) is 0 Å². The van der Waals surface area contributed by atoms with E-state index in [0.717, 1.165) is 32.9 Å². The van der Waals surface area contributed by atoms with Crippen LogP contribution in [0.2, 0.25) is 0 Å². The number of benzene rings is 3. The highest BCUT2D eigenvalue weighted by Gasteiger charge is 2.29. The van der Waals surface area contributed by atoms with Gasteiger partial charge in [0.2, 0.25) is 0 Å². The number of aromatic nitrogens is 3. The van der Waals surface area contributed by atoms with Crippen molar-refractivity contribution in [3.05, 3.63) is 95.3 Å². The summed E-state index contributed by atoms with van der Waals surface area (Å²) in [6, 6.07) is 18.9. The summed E-state index contributed by atoms with van der Waals surface area (Å²) < 4.78 is 7.86. The fourth-order valence-electron chi connectivity index (χ4n) is 4.45. The number of amides is 1. The summed E-state index contributed by atoms with van der Waals surface area (Å²) in [5.41, 5.74) is 8.01. The van der Waals surface area contributed by atoms with Gasteiger partial charge in [-0.2, -0.15) is 0 Å². The van der Waals surface area contributed by atoms with Gasteiger partial charge in [-0.15, -0.1) is 11.3 Å². The summed E-state index contributed by atoms with van der Waals surface area (Å²) in [5.74, 6) is 0.141. The molecular weight excluding hydrogens is 486 g/mol. The van der Waals surface area contributed by atoms with Gasteiger partial charge in [-0.05, 0) is 48.5 Å². The Hall–Kier alpha value is -4.76. The number of imidazole rings is 1. The quantitative estimate of drug-likeness (QED) is 0.244. The van der Waals surface area contributed by atoms with Gasteiger partial charge in [0.25, 0.3) is 5.91 Å². The SMILES string of the molecule is COC(=O)c1ccc2c(c1)NC(=O)/C2=C(\Nc1ccc(-c2nccn2C)cc1)c1ccc2scnc2c1. The van der Waals surface area contributed by atoms with Crippen molar-refractivity contribution in [2.45, 2.75) is 0 Å². The normalized spacial score (nSPS) is 13.8. The Balaban J connectivity index is 1.47. The zero-order valence-corrected chi connectivity index (χ0v) is 20.8. The molecule has 2 aromatic heterocycles. The molecule has 0 saturated carbocycles. The van der Waals surface area contributed by atoms with Gasteiger partial charge in [-0.3, -0.25) is 4.79 Å². The molecular formula is C28H21N5O3S. The minimum absolute atomic E-state index is 0.262. The van der Waals surface area contributed by atoms with E-state index in [1.54, 1.807) is 41.2 Å². The summed E-state index contributed by atoms with van der Waals surface area (Å²) in [5, 5.41) is 6.38. The molecule has 0 radical (unpaired) electrons. The highest BCUT2D eigenvalue weighted by molar-refractivity contribution is 7.16. The standard InChI is InChI=1S/C28H21N5O3S/c1-33-12-11-29-26(33)16-3-7-19(8-4-16)31-25(17-6-10-23-22(13-17)30-15-37-23)24-20-9-5-18(28(35)36-2)14-21(20)32-27(24)34/h3-15,31H,1-2H3,(H,32,34)/b25-24-. The second-order valence-electron chi connectivity index (χ2n) is 8.56. The first-order valence-electron chi connectivity index (χ1n) is 11.5. The van der Waals surface area contributed by atoms with Gasteiger partial charge in [0.05, 0.1) is 45.4 Å². The maximum atomic E-state index is 13.3. The van der Waals surface area contributed by atoms with Crippen LogP contribution in [-0.2, 0) is 16.6 Å². The van der Waals surface area contributed by atoms with Gasteiger partial charge < -0.3 is 19.9 Å². The number of ether oxygens (including phenoxy) is 1. The molecule has 8 nitrogen and oxygen atoms in total. The number of aryl methyl sites for hydroxylation is 1. The molecule has 3 heterocycles. The van der Waals surface area contributed by atoms with Crippen LogP contribution in [0.25, 0.3) is 32.9 Å². The Morgan fingerprint density at radius 1 is 1.03 bits per heavy atom. The second kappa shape index (κ2) is 9.03. The Labute approximate surface area is 216 Å². The highest BCUT2D eigenvalue weighted by Crippen LogP contribution is 2.39. The van der Waals surface area contributed by atoms with Crippen LogP contribution in [0.5, 0.6) is 0 Å².